The minimum Gasteiger partial charge on any atom is -0.497 e. The first-order chi connectivity index (χ1) is 9.10. The average Bonchev–Trinajstić information content (AvgIpc) is 2.43. The highest BCUT2D eigenvalue weighted by Gasteiger charge is 2.06. The molecule has 19 heavy (non-hydrogen) atoms. The zero-order valence-corrected chi connectivity index (χ0v) is 12.2. The van der Waals surface area contributed by atoms with Crippen molar-refractivity contribution in [2.24, 2.45) is 0 Å². The molecule has 2 nitrogen and oxygen atoms in total. The molecule has 0 amide bonds. The largest absolute Gasteiger partial charge is 0.497 e. The molecular formula is C16H18ClNO. The molecule has 3 heteroatoms. The molecule has 2 aromatic carbocycles. The predicted molar refractivity (Wildman–Crippen MR) is 81.2 cm³/mol. The van der Waals surface area contributed by atoms with Crippen LogP contribution in [0.5, 0.6) is 5.75 Å². The van der Waals surface area contributed by atoms with Gasteiger partial charge in [-0.25, -0.2) is 0 Å². The van der Waals surface area contributed by atoms with E-state index in [4.69, 9.17) is 16.3 Å². The standard InChI is InChI=1S/C16H18ClNO/c1-11-4-7-14(10-16(11)17)18-12(2)13-5-8-15(19-3)9-6-13/h4-10,12,18H,1-3H3. The fourth-order valence-electron chi connectivity index (χ4n) is 1.91. The van der Waals surface area contributed by atoms with E-state index in [-0.39, 0.29) is 6.04 Å². The Balaban J connectivity index is 2.10. The summed E-state index contributed by atoms with van der Waals surface area (Å²) in [6.07, 6.45) is 0. The van der Waals surface area contributed by atoms with Gasteiger partial charge in [-0.3, -0.25) is 0 Å². The molecule has 0 saturated heterocycles. The van der Waals surface area contributed by atoms with Gasteiger partial charge in [0.25, 0.3) is 0 Å². The first-order valence-corrected chi connectivity index (χ1v) is 6.64. The second-order valence-corrected chi connectivity index (χ2v) is 5.01. The van der Waals surface area contributed by atoms with Crippen molar-refractivity contribution in [2.45, 2.75) is 19.9 Å². The zero-order chi connectivity index (χ0) is 13.8. The highest BCUT2D eigenvalue weighted by molar-refractivity contribution is 6.31. The Bertz CT molecular complexity index is 551. The van der Waals surface area contributed by atoms with E-state index in [2.05, 4.69) is 24.4 Å². The molecule has 2 rings (SSSR count). The van der Waals surface area contributed by atoms with Crippen LogP contribution in [-0.2, 0) is 0 Å². The van der Waals surface area contributed by atoms with Gasteiger partial charge in [-0.15, -0.1) is 0 Å². The number of halogens is 1. The lowest BCUT2D eigenvalue weighted by molar-refractivity contribution is 0.414. The third kappa shape index (κ3) is 3.42. The quantitative estimate of drug-likeness (QED) is 0.863. The number of rotatable bonds is 4. The number of anilines is 1. The van der Waals surface area contributed by atoms with Gasteiger partial charge in [0.15, 0.2) is 0 Å². The molecule has 1 unspecified atom stereocenters. The van der Waals surface area contributed by atoms with Crippen LogP contribution in [0, 0.1) is 6.92 Å². The van der Waals surface area contributed by atoms with Crippen LogP contribution in [-0.4, -0.2) is 7.11 Å². The summed E-state index contributed by atoms with van der Waals surface area (Å²) in [6.45, 7) is 4.12. The van der Waals surface area contributed by atoms with Gasteiger partial charge in [0.1, 0.15) is 5.75 Å². The number of ether oxygens (including phenoxy) is 1. The Hall–Kier alpha value is -1.67. The first kappa shape index (κ1) is 13.8. The van der Waals surface area contributed by atoms with Crippen molar-refractivity contribution in [1.29, 1.82) is 0 Å². The zero-order valence-electron chi connectivity index (χ0n) is 11.4. The molecule has 0 aromatic heterocycles. The highest BCUT2D eigenvalue weighted by atomic mass is 35.5. The van der Waals surface area contributed by atoms with Crippen molar-refractivity contribution < 1.29 is 4.74 Å². The van der Waals surface area contributed by atoms with Crippen LogP contribution in [0.1, 0.15) is 24.1 Å². The molecule has 0 saturated carbocycles. The van der Waals surface area contributed by atoms with Gasteiger partial charge in [0.05, 0.1) is 7.11 Å². The van der Waals surface area contributed by atoms with Gasteiger partial charge in [-0.2, -0.15) is 0 Å². The van der Waals surface area contributed by atoms with Gasteiger partial charge in [-0.1, -0.05) is 29.8 Å². The number of aryl methyl sites for hydroxylation is 1. The molecule has 1 N–H and O–H groups in total. The predicted octanol–water partition coefficient (Wildman–Crippen LogP) is 4.83. The van der Waals surface area contributed by atoms with E-state index >= 15 is 0 Å². The Morgan fingerprint density at radius 2 is 1.79 bits per heavy atom. The Labute approximate surface area is 119 Å². The molecular weight excluding hydrogens is 258 g/mol. The van der Waals surface area contributed by atoms with Gasteiger partial charge < -0.3 is 10.1 Å². The fourth-order valence-corrected chi connectivity index (χ4v) is 2.09. The van der Waals surface area contributed by atoms with Crippen LogP contribution in [0.3, 0.4) is 0 Å². The molecule has 0 aliphatic carbocycles. The minimum atomic E-state index is 0.213. The summed E-state index contributed by atoms with van der Waals surface area (Å²) in [7, 11) is 1.67. The molecule has 1 atom stereocenters. The van der Waals surface area contributed by atoms with Crippen molar-refractivity contribution in [3.8, 4) is 5.75 Å². The molecule has 0 heterocycles. The van der Waals surface area contributed by atoms with Gasteiger partial charge in [-0.05, 0) is 49.2 Å². The molecule has 0 aliphatic rings. The second-order valence-electron chi connectivity index (χ2n) is 4.60. The summed E-state index contributed by atoms with van der Waals surface area (Å²) in [5.41, 5.74) is 3.32. The summed E-state index contributed by atoms with van der Waals surface area (Å²) in [5.74, 6) is 0.870. The molecule has 100 valence electrons. The van der Waals surface area contributed by atoms with E-state index in [9.17, 15) is 0 Å². The van der Waals surface area contributed by atoms with Crippen LogP contribution in [0.4, 0.5) is 5.69 Å². The molecule has 2 aromatic rings. The maximum atomic E-state index is 6.13. The van der Waals surface area contributed by atoms with Crippen molar-refractivity contribution >= 4 is 17.3 Å². The summed E-state index contributed by atoms with van der Waals surface area (Å²) in [6, 6.07) is 14.3. The van der Waals surface area contributed by atoms with Crippen LogP contribution in [0.25, 0.3) is 0 Å². The monoisotopic (exact) mass is 275 g/mol. The lowest BCUT2D eigenvalue weighted by Crippen LogP contribution is -2.06. The highest BCUT2D eigenvalue weighted by Crippen LogP contribution is 2.25. The van der Waals surface area contributed by atoms with Crippen LogP contribution < -0.4 is 10.1 Å². The lowest BCUT2D eigenvalue weighted by Gasteiger charge is -2.16. The van der Waals surface area contributed by atoms with E-state index in [1.165, 1.54) is 5.56 Å². The van der Waals surface area contributed by atoms with Gasteiger partial charge >= 0.3 is 0 Å². The van der Waals surface area contributed by atoms with Gasteiger partial charge in [0.2, 0.25) is 0 Å². The van der Waals surface area contributed by atoms with Crippen molar-refractivity contribution in [3.63, 3.8) is 0 Å². The van der Waals surface area contributed by atoms with E-state index in [1.807, 2.05) is 37.3 Å². The summed E-state index contributed by atoms with van der Waals surface area (Å²) >= 11 is 6.13. The second kappa shape index (κ2) is 5.98. The summed E-state index contributed by atoms with van der Waals surface area (Å²) in [4.78, 5) is 0. The minimum absolute atomic E-state index is 0.213. The maximum Gasteiger partial charge on any atom is 0.118 e. The Morgan fingerprint density at radius 1 is 1.11 bits per heavy atom. The van der Waals surface area contributed by atoms with Crippen LogP contribution in [0.15, 0.2) is 42.5 Å². The van der Waals surface area contributed by atoms with Crippen LogP contribution >= 0.6 is 11.6 Å². The molecule has 0 radical (unpaired) electrons. The number of nitrogens with one attached hydrogen (secondary N) is 1. The van der Waals surface area contributed by atoms with Crippen molar-refractivity contribution in [2.75, 3.05) is 12.4 Å². The molecule has 0 aliphatic heterocycles. The molecule has 0 spiro atoms. The smallest absolute Gasteiger partial charge is 0.118 e. The van der Waals surface area contributed by atoms with Crippen LogP contribution in [0.2, 0.25) is 5.02 Å². The average molecular weight is 276 g/mol. The number of benzene rings is 2. The van der Waals surface area contributed by atoms with Crippen molar-refractivity contribution in [3.05, 3.63) is 58.6 Å². The van der Waals surface area contributed by atoms with E-state index in [1.54, 1.807) is 7.11 Å². The Kier molecular flexibility index (Phi) is 4.33. The first-order valence-electron chi connectivity index (χ1n) is 6.27. The summed E-state index contributed by atoms with van der Waals surface area (Å²) < 4.78 is 5.16. The Morgan fingerprint density at radius 3 is 2.37 bits per heavy atom. The lowest BCUT2D eigenvalue weighted by atomic mass is 10.1. The SMILES string of the molecule is COc1ccc(C(C)Nc2ccc(C)c(Cl)c2)cc1. The topological polar surface area (TPSA) is 21.3 Å². The summed E-state index contributed by atoms with van der Waals surface area (Å²) in [5, 5.41) is 4.22. The third-order valence-electron chi connectivity index (χ3n) is 3.17. The number of hydrogen-bond acceptors (Lipinski definition) is 2. The molecule has 0 fully saturated rings. The number of methoxy groups -OCH3 is 1. The normalized spacial score (nSPS) is 12.0. The van der Waals surface area contributed by atoms with E-state index in [0.717, 1.165) is 22.0 Å². The van der Waals surface area contributed by atoms with E-state index < -0.39 is 0 Å². The fraction of sp³-hybridized carbons (Fsp3) is 0.250. The number of hydrogen-bond donors (Lipinski definition) is 1. The van der Waals surface area contributed by atoms with Gasteiger partial charge in [0, 0.05) is 16.8 Å². The molecule has 0 bridgehead atoms. The maximum absolute atomic E-state index is 6.13. The van der Waals surface area contributed by atoms with Crippen molar-refractivity contribution in [1.82, 2.24) is 0 Å². The van der Waals surface area contributed by atoms with E-state index in [0.29, 0.717) is 0 Å². The third-order valence-corrected chi connectivity index (χ3v) is 3.58.